The van der Waals surface area contributed by atoms with E-state index in [1.807, 2.05) is 6.92 Å². The lowest BCUT2D eigenvalue weighted by Crippen LogP contribution is -2.32. The Balaban J connectivity index is 2.18. The van der Waals surface area contributed by atoms with Gasteiger partial charge in [-0.15, -0.1) is 0 Å². The van der Waals surface area contributed by atoms with Crippen LogP contribution >= 0.6 is 11.6 Å². The van der Waals surface area contributed by atoms with Gasteiger partial charge in [-0.2, -0.15) is 0 Å². The Morgan fingerprint density at radius 1 is 1.69 bits per heavy atom. The number of carbonyl (C=O) groups is 2. The van der Waals surface area contributed by atoms with Gasteiger partial charge in [0, 0.05) is 13.0 Å². The summed E-state index contributed by atoms with van der Waals surface area (Å²) in [6.45, 7) is 2.49. The topological polar surface area (TPSA) is 50.5 Å². The fraction of sp³-hybridized carbons (Fsp3) is 0.455. The molecule has 2 heterocycles. The number of amides is 2. The number of nitrogens with zero attached hydrogens (tertiary/aromatic N) is 1. The maximum absolute atomic E-state index is 12.0. The van der Waals surface area contributed by atoms with Gasteiger partial charge in [0.15, 0.2) is 0 Å². The molecule has 16 heavy (non-hydrogen) atoms. The third kappa shape index (κ3) is 1.85. The number of imide groups is 1. The highest BCUT2D eigenvalue weighted by molar-refractivity contribution is 6.32. The minimum absolute atomic E-state index is 0.0396. The van der Waals surface area contributed by atoms with Crippen LogP contribution in [0.1, 0.15) is 30.1 Å². The Morgan fingerprint density at radius 3 is 2.94 bits per heavy atom. The number of furan rings is 1. The first kappa shape index (κ1) is 11.2. The van der Waals surface area contributed by atoms with Gasteiger partial charge in [0.1, 0.15) is 0 Å². The monoisotopic (exact) mass is 241 g/mol. The number of carbonyl (C=O) groups excluding carboxylic acids is 2. The van der Waals surface area contributed by atoms with Gasteiger partial charge >= 0.3 is 0 Å². The second kappa shape index (κ2) is 4.29. The zero-order valence-corrected chi connectivity index (χ0v) is 9.66. The van der Waals surface area contributed by atoms with Crippen molar-refractivity contribution in [2.75, 3.05) is 6.54 Å². The lowest BCUT2D eigenvalue weighted by molar-refractivity contribution is -0.125. The number of rotatable bonds is 2. The van der Waals surface area contributed by atoms with Crippen LogP contribution in [0.5, 0.6) is 0 Å². The van der Waals surface area contributed by atoms with Crippen molar-refractivity contribution in [3.05, 3.63) is 23.1 Å². The highest BCUT2D eigenvalue weighted by Gasteiger charge is 2.34. The Hall–Kier alpha value is -1.29. The van der Waals surface area contributed by atoms with Gasteiger partial charge in [0.05, 0.1) is 11.8 Å². The van der Waals surface area contributed by atoms with Crippen molar-refractivity contribution < 1.29 is 14.0 Å². The molecule has 0 spiro atoms. The summed E-state index contributed by atoms with van der Waals surface area (Å²) in [4.78, 5) is 24.8. The Bertz CT molecular complexity index is 427. The standard InChI is InChI=1S/C11H12ClNO3/c1-2-7-5-9(14)13(6-7)11(15)8-3-4-16-10(8)12/h3-4,7H,2,5-6H2,1H3. The van der Waals surface area contributed by atoms with Gasteiger partial charge in [-0.05, 0) is 23.6 Å². The summed E-state index contributed by atoms with van der Waals surface area (Å²) in [7, 11) is 0. The molecule has 1 aromatic heterocycles. The van der Waals surface area contributed by atoms with Crippen molar-refractivity contribution in [2.45, 2.75) is 19.8 Å². The van der Waals surface area contributed by atoms with Gasteiger partial charge in [-0.1, -0.05) is 13.3 Å². The zero-order valence-electron chi connectivity index (χ0n) is 8.90. The first-order chi connectivity index (χ1) is 7.63. The second-order valence-electron chi connectivity index (χ2n) is 3.90. The van der Waals surface area contributed by atoms with Gasteiger partial charge in [0.25, 0.3) is 5.91 Å². The van der Waals surface area contributed by atoms with Crippen molar-refractivity contribution in [2.24, 2.45) is 5.92 Å². The van der Waals surface area contributed by atoms with Gasteiger partial charge in [-0.25, -0.2) is 0 Å². The van der Waals surface area contributed by atoms with E-state index in [-0.39, 0.29) is 28.5 Å². The molecule has 1 aliphatic heterocycles. The third-order valence-corrected chi connectivity index (χ3v) is 3.17. The highest BCUT2D eigenvalue weighted by Crippen LogP contribution is 2.25. The molecule has 1 aromatic rings. The molecule has 1 aliphatic rings. The molecule has 5 heteroatoms. The highest BCUT2D eigenvalue weighted by atomic mass is 35.5. The van der Waals surface area contributed by atoms with Crippen molar-refractivity contribution in [1.82, 2.24) is 4.90 Å². The largest absolute Gasteiger partial charge is 0.452 e. The average molecular weight is 242 g/mol. The maximum atomic E-state index is 12.0. The molecule has 2 amide bonds. The van der Waals surface area contributed by atoms with Crippen LogP contribution in [0, 0.1) is 5.92 Å². The molecular weight excluding hydrogens is 230 g/mol. The Morgan fingerprint density at radius 2 is 2.44 bits per heavy atom. The first-order valence-corrected chi connectivity index (χ1v) is 5.59. The van der Waals surface area contributed by atoms with Gasteiger partial charge < -0.3 is 4.42 Å². The summed E-state index contributed by atoms with van der Waals surface area (Å²) < 4.78 is 4.84. The second-order valence-corrected chi connectivity index (χ2v) is 4.24. The lowest BCUT2D eigenvalue weighted by atomic mass is 10.1. The molecule has 0 aliphatic carbocycles. The van der Waals surface area contributed by atoms with Crippen LogP contribution in [0.4, 0.5) is 0 Å². The first-order valence-electron chi connectivity index (χ1n) is 5.21. The van der Waals surface area contributed by atoms with Gasteiger partial charge in [0.2, 0.25) is 11.1 Å². The predicted molar refractivity (Wildman–Crippen MR) is 58.2 cm³/mol. The summed E-state index contributed by atoms with van der Waals surface area (Å²) >= 11 is 5.71. The van der Waals surface area contributed by atoms with E-state index in [1.165, 1.54) is 17.2 Å². The molecule has 2 rings (SSSR count). The summed E-state index contributed by atoms with van der Waals surface area (Å²) in [5.74, 6) is -0.226. The van der Waals surface area contributed by atoms with E-state index >= 15 is 0 Å². The third-order valence-electron chi connectivity index (χ3n) is 2.88. The van der Waals surface area contributed by atoms with E-state index < -0.39 is 0 Å². The maximum Gasteiger partial charge on any atom is 0.265 e. The molecule has 0 saturated carbocycles. The number of hydrogen-bond donors (Lipinski definition) is 0. The van der Waals surface area contributed by atoms with Crippen molar-refractivity contribution in [3.8, 4) is 0 Å². The molecular formula is C11H12ClNO3. The number of likely N-dealkylation sites (tertiary alicyclic amines) is 1. The van der Waals surface area contributed by atoms with Crippen LogP contribution in [0.3, 0.4) is 0 Å². The minimum Gasteiger partial charge on any atom is -0.452 e. The molecule has 1 atom stereocenters. The molecule has 0 N–H and O–H groups in total. The number of halogens is 1. The SMILES string of the molecule is CCC1CC(=O)N(C(=O)c2ccoc2Cl)C1. The lowest BCUT2D eigenvalue weighted by Gasteiger charge is -2.13. The summed E-state index contributed by atoms with van der Waals surface area (Å²) in [6, 6.07) is 1.48. The van der Waals surface area contributed by atoms with E-state index in [0.29, 0.717) is 13.0 Å². The van der Waals surface area contributed by atoms with Crippen molar-refractivity contribution in [3.63, 3.8) is 0 Å². The smallest absolute Gasteiger partial charge is 0.265 e. The van der Waals surface area contributed by atoms with Crippen LogP contribution in [0.15, 0.2) is 16.7 Å². The normalized spacial score (nSPS) is 20.5. The molecule has 4 nitrogen and oxygen atoms in total. The average Bonchev–Trinajstić information content (AvgIpc) is 2.83. The van der Waals surface area contributed by atoms with Crippen LogP contribution in [-0.4, -0.2) is 23.3 Å². The van der Waals surface area contributed by atoms with Crippen LogP contribution in [0.25, 0.3) is 0 Å². The molecule has 86 valence electrons. The summed E-state index contributed by atoms with van der Waals surface area (Å²) in [5, 5.41) is 0.0396. The fourth-order valence-electron chi connectivity index (χ4n) is 1.84. The zero-order chi connectivity index (χ0) is 11.7. The van der Waals surface area contributed by atoms with E-state index in [9.17, 15) is 9.59 Å². The number of hydrogen-bond acceptors (Lipinski definition) is 3. The van der Waals surface area contributed by atoms with Crippen molar-refractivity contribution in [1.29, 1.82) is 0 Å². The Kier molecular flexibility index (Phi) is 3.01. The minimum atomic E-state index is -0.361. The van der Waals surface area contributed by atoms with E-state index in [4.69, 9.17) is 16.0 Å². The van der Waals surface area contributed by atoms with Crippen LogP contribution in [-0.2, 0) is 4.79 Å². The molecule has 1 saturated heterocycles. The quantitative estimate of drug-likeness (QED) is 0.747. The van der Waals surface area contributed by atoms with Gasteiger partial charge in [-0.3, -0.25) is 14.5 Å². The molecule has 0 radical (unpaired) electrons. The van der Waals surface area contributed by atoms with E-state index in [1.54, 1.807) is 0 Å². The summed E-state index contributed by atoms with van der Waals surface area (Å²) in [5.41, 5.74) is 0.256. The van der Waals surface area contributed by atoms with E-state index in [0.717, 1.165) is 6.42 Å². The van der Waals surface area contributed by atoms with Crippen LogP contribution in [0.2, 0.25) is 5.22 Å². The molecule has 0 aromatic carbocycles. The Labute approximate surface area is 98.2 Å². The molecule has 1 unspecified atom stereocenters. The van der Waals surface area contributed by atoms with Crippen LogP contribution < -0.4 is 0 Å². The molecule has 1 fully saturated rings. The van der Waals surface area contributed by atoms with E-state index in [2.05, 4.69) is 0 Å². The van der Waals surface area contributed by atoms with Crippen molar-refractivity contribution >= 4 is 23.4 Å². The fourth-order valence-corrected chi connectivity index (χ4v) is 2.04. The molecule has 0 bridgehead atoms. The predicted octanol–water partition coefficient (Wildman–Crippen LogP) is 2.33. The summed E-state index contributed by atoms with van der Waals surface area (Å²) in [6.07, 6.45) is 2.68.